The molecule has 0 amide bonds. The normalized spacial score (nSPS) is 13.8. The lowest BCUT2D eigenvalue weighted by Crippen LogP contribution is -2.12. The monoisotopic (exact) mass is 190 g/mol. The summed E-state index contributed by atoms with van der Waals surface area (Å²) in [6, 6.07) is 0. The zero-order valence-corrected chi connectivity index (χ0v) is 8.47. The van der Waals surface area contributed by atoms with E-state index in [0.29, 0.717) is 12.3 Å². The molecule has 0 spiro atoms. The molecule has 0 aromatic carbocycles. The van der Waals surface area contributed by atoms with E-state index in [1.165, 1.54) is 12.6 Å². The highest BCUT2D eigenvalue weighted by Gasteiger charge is 2.14. The summed E-state index contributed by atoms with van der Waals surface area (Å²) in [5.41, 5.74) is 1.45. The van der Waals surface area contributed by atoms with Crippen LogP contribution >= 0.6 is 11.6 Å². The van der Waals surface area contributed by atoms with Crippen LogP contribution in [-0.2, 0) is 9.53 Å². The van der Waals surface area contributed by atoms with E-state index >= 15 is 0 Å². The van der Waals surface area contributed by atoms with Crippen LogP contribution in [0.5, 0.6) is 0 Å². The van der Waals surface area contributed by atoms with Gasteiger partial charge in [0, 0.05) is 5.54 Å². The van der Waals surface area contributed by atoms with Gasteiger partial charge in [-0.1, -0.05) is 31.5 Å². The fraction of sp³-hybridized carbons (Fsp3) is 0.667. The molecule has 12 heavy (non-hydrogen) atoms. The summed E-state index contributed by atoms with van der Waals surface area (Å²) in [5.74, 6) is 0.387. The number of carbonyl (C=O) groups excluding carboxylic acids is 1. The van der Waals surface area contributed by atoms with Gasteiger partial charge in [0.2, 0.25) is 0 Å². The number of halogens is 1. The molecule has 3 heteroatoms. The van der Waals surface area contributed by atoms with Gasteiger partial charge in [-0.2, -0.15) is 0 Å². The van der Waals surface area contributed by atoms with E-state index in [4.69, 9.17) is 11.6 Å². The van der Waals surface area contributed by atoms with Gasteiger partial charge < -0.3 is 4.74 Å². The third-order valence-corrected chi connectivity index (χ3v) is 1.95. The second-order valence-electron chi connectivity index (χ2n) is 3.01. The summed E-state index contributed by atoms with van der Waals surface area (Å²) in [6.07, 6.45) is 2.22. The van der Waals surface area contributed by atoms with Crippen molar-refractivity contribution in [1.82, 2.24) is 0 Å². The molecule has 0 N–H and O–H groups in total. The first-order valence-electron chi connectivity index (χ1n) is 3.95. The van der Waals surface area contributed by atoms with Crippen molar-refractivity contribution in [2.24, 2.45) is 11.8 Å². The number of carbonyl (C=O) groups is 1. The van der Waals surface area contributed by atoms with Crippen molar-refractivity contribution in [1.29, 1.82) is 0 Å². The van der Waals surface area contributed by atoms with Crippen molar-refractivity contribution in [3.8, 4) is 0 Å². The molecule has 0 aliphatic heterocycles. The van der Waals surface area contributed by atoms with E-state index in [1.807, 2.05) is 19.9 Å². The first-order valence-corrected chi connectivity index (χ1v) is 4.39. The standard InChI is InChI=1S/C9H15ClO2/c1-7(2)8(4-5-10)6-9(11)12-3/h4-5,7-8H,6H2,1-3H3/b5-4+/t8-/m0/s1. The third kappa shape index (κ3) is 4.39. The molecule has 0 saturated heterocycles. The summed E-state index contributed by atoms with van der Waals surface area (Å²) in [5, 5.41) is 0. The zero-order chi connectivity index (χ0) is 9.56. The summed E-state index contributed by atoms with van der Waals surface area (Å²) < 4.78 is 4.56. The van der Waals surface area contributed by atoms with Crippen molar-refractivity contribution < 1.29 is 9.53 Å². The van der Waals surface area contributed by atoms with Crippen LogP contribution < -0.4 is 0 Å². The Kier molecular flexibility index (Phi) is 5.81. The summed E-state index contributed by atoms with van der Waals surface area (Å²) in [6.45, 7) is 4.09. The molecule has 70 valence electrons. The Morgan fingerprint density at radius 1 is 1.58 bits per heavy atom. The van der Waals surface area contributed by atoms with E-state index in [2.05, 4.69) is 4.74 Å². The second-order valence-corrected chi connectivity index (χ2v) is 3.26. The molecule has 0 unspecified atom stereocenters. The first-order chi connectivity index (χ1) is 5.61. The van der Waals surface area contributed by atoms with Gasteiger partial charge in [0.25, 0.3) is 0 Å². The van der Waals surface area contributed by atoms with Crippen LogP contribution in [0.2, 0.25) is 0 Å². The number of hydrogen-bond donors (Lipinski definition) is 0. The van der Waals surface area contributed by atoms with Gasteiger partial charge in [-0.15, -0.1) is 0 Å². The molecule has 0 aromatic heterocycles. The largest absolute Gasteiger partial charge is 0.469 e. The maximum Gasteiger partial charge on any atom is 0.306 e. The van der Waals surface area contributed by atoms with Crippen LogP contribution in [0.1, 0.15) is 20.3 Å². The van der Waals surface area contributed by atoms with Crippen molar-refractivity contribution in [2.75, 3.05) is 7.11 Å². The molecule has 0 saturated carbocycles. The van der Waals surface area contributed by atoms with E-state index in [0.717, 1.165) is 0 Å². The molecule has 2 nitrogen and oxygen atoms in total. The smallest absolute Gasteiger partial charge is 0.306 e. The number of ether oxygens (including phenoxy) is 1. The molecule has 1 atom stereocenters. The van der Waals surface area contributed by atoms with Gasteiger partial charge in [0.05, 0.1) is 13.5 Å². The second kappa shape index (κ2) is 6.06. The maximum absolute atomic E-state index is 10.9. The highest BCUT2D eigenvalue weighted by atomic mass is 35.5. The first kappa shape index (κ1) is 11.5. The minimum Gasteiger partial charge on any atom is -0.469 e. The van der Waals surface area contributed by atoms with Crippen molar-refractivity contribution >= 4 is 17.6 Å². The van der Waals surface area contributed by atoms with Crippen LogP contribution in [-0.4, -0.2) is 13.1 Å². The quantitative estimate of drug-likeness (QED) is 0.637. The lowest BCUT2D eigenvalue weighted by Gasteiger charge is -2.14. The third-order valence-electron chi connectivity index (χ3n) is 1.81. The fourth-order valence-electron chi connectivity index (χ4n) is 0.895. The van der Waals surface area contributed by atoms with Crippen molar-refractivity contribution in [3.05, 3.63) is 11.6 Å². The van der Waals surface area contributed by atoms with Crippen LogP contribution in [0.25, 0.3) is 0 Å². The minimum absolute atomic E-state index is 0.176. The maximum atomic E-state index is 10.9. The number of rotatable bonds is 4. The summed E-state index contributed by atoms with van der Waals surface area (Å²) in [7, 11) is 1.39. The molecule has 0 rings (SSSR count). The lowest BCUT2D eigenvalue weighted by atomic mass is 9.93. The molecular formula is C9H15ClO2. The topological polar surface area (TPSA) is 26.3 Å². The average molecular weight is 191 g/mol. The Balaban J connectivity index is 4.04. The molecule has 0 aromatic rings. The SMILES string of the molecule is COC(=O)C[C@H](/C=C/Cl)C(C)C. The van der Waals surface area contributed by atoms with Gasteiger partial charge in [0.1, 0.15) is 0 Å². The van der Waals surface area contributed by atoms with Crippen LogP contribution in [0.15, 0.2) is 11.6 Å². The van der Waals surface area contributed by atoms with Crippen molar-refractivity contribution in [3.63, 3.8) is 0 Å². The highest BCUT2D eigenvalue weighted by Crippen LogP contribution is 2.17. The fourth-order valence-corrected chi connectivity index (χ4v) is 1.08. The van der Waals surface area contributed by atoms with E-state index in [-0.39, 0.29) is 11.9 Å². The molecular weight excluding hydrogens is 176 g/mol. The number of hydrogen-bond acceptors (Lipinski definition) is 2. The Morgan fingerprint density at radius 2 is 2.17 bits per heavy atom. The average Bonchev–Trinajstić information content (AvgIpc) is 2.03. The zero-order valence-electron chi connectivity index (χ0n) is 7.71. The van der Waals surface area contributed by atoms with E-state index < -0.39 is 0 Å². The predicted molar refractivity (Wildman–Crippen MR) is 50.0 cm³/mol. The van der Waals surface area contributed by atoms with Gasteiger partial charge in [-0.25, -0.2) is 0 Å². The Hall–Kier alpha value is -0.500. The molecule has 0 aliphatic rings. The van der Waals surface area contributed by atoms with Gasteiger partial charge in [-0.3, -0.25) is 4.79 Å². The van der Waals surface area contributed by atoms with Crippen molar-refractivity contribution in [2.45, 2.75) is 20.3 Å². The lowest BCUT2D eigenvalue weighted by molar-refractivity contribution is -0.141. The van der Waals surface area contributed by atoms with Crippen LogP contribution in [0, 0.1) is 11.8 Å². The molecule has 0 bridgehead atoms. The minimum atomic E-state index is -0.191. The Bertz CT molecular complexity index is 164. The molecule has 0 heterocycles. The summed E-state index contributed by atoms with van der Waals surface area (Å²) >= 11 is 5.43. The number of esters is 1. The number of methoxy groups -OCH3 is 1. The van der Waals surface area contributed by atoms with Gasteiger partial charge in [0.15, 0.2) is 0 Å². The number of allylic oxidation sites excluding steroid dienone is 1. The predicted octanol–water partition coefficient (Wildman–Crippen LogP) is 2.57. The molecule has 0 radical (unpaired) electrons. The van der Waals surface area contributed by atoms with Crippen LogP contribution in [0.4, 0.5) is 0 Å². The Labute approximate surface area is 78.5 Å². The molecule has 0 aliphatic carbocycles. The Morgan fingerprint density at radius 3 is 2.50 bits per heavy atom. The van der Waals surface area contributed by atoms with Crippen LogP contribution in [0.3, 0.4) is 0 Å². The highest BCUT2D eigenvalue weighted by molar-refractivity contribution is 6.25. The van der Waals surface area contributed by atoms with E-state index in [9.17, 15) is 4.79 Å². The molecule has 0 fully saturated rings. The van der Waals surface area contributed by atoms with Gasteiger partial charge >= 0.3 is 5.97 Å². The van der Waals surface area contributed by atoms with E-state index in [1.54, 1.807) is 0 Å². The van der Waals surface area contributed by atoms with Gasteiger partial charge in [-0.05, 0) is 11.8 Å². The summed E-state index contributed by atoms with van der Waals surface area (Å²) in [4.78, 5) is 10.9.